The van der Waals surface area contributed by atoms with Crippen LogP contribution in [0.4, 0.5) is 5.69 Å². The van der Waals surface area contributed by atoms with Crippen molar-refractivity contribution < 1.29 is 0 Å². The van der Waals surface area contributed by atoms with Gasteiger partial charge in [-0.2, -0.15) is 0 Å². The number of benzene rings is 1. The van der Waals surface area contributed by atoms with Gasteiger partial charge in [-0.05, 0) is 24.1 Å². The average molecular weight is 197 g/mol. The number of nitrogens with two attached hydrogens (primary N) is 2. The van der Waals surface area contributed by atoms with E-state index in [1.807, 2.05) is 6.07 Å². The molecule has 0 spiro atoms. The van der Waals surface area contributed by atoms with Gasteiger partial charge in [0, 0.05) is 6.04 Å². The highest BCUT2D eigenvalue weighted by Gasteiger charge is 2.05. The molecule has 0 aromatic heterocycles. The van der Waals surface area contributed by atoms with Gasteiger partial charge in [-0.3, -0.25) is 0 Å². The SMILES string of the molecule is C=CC[C@@H](N)c1ccc(N)c(Cl)c1. The Morgan fingerprint density at radius 2 is 2.23 bits per heavy atom. The first-order valence-corrected chi connectivity index (χ1v) is 4.44. The van der Waals surface area contributed by atoms with Crippen LogP contribution in [-0.2, 0) is 0 Å². The smallest absolute Gasteiger partial charge is 0.0638 e. The van der Waals surface area contributed by atoms with Crippen LogP contribution in [0, 0.1) is 0 Å². The van der Waals surface area contributed by atoms with E-state index in [2.05, 4.69) is 6.58 Å². The number of nitrogen functional groups attached to an aromatic ring is 1. The molecule has 13 heavy (non-hydrogen) atoms. The van der Waals surface area contributed by atoms with Crippen molar-refractivity contribution in [1.82, 2.24) is 0 Å². The lowest BCUT2D eigenvalue weighted by atomic mass is 10.0. The van der Waals surface area contributed by atoms with E-state index in [0.717, 1.165) is 12.0 Å². The van der Waals surface area contributed by atoms with E-state index in [9.17, 15) is 0 Å². The maximum Gasteiger partial charge on any atom is 0.0638 e. The maximum absolute atomic E-state index is 5.85. The van der Waals surface area contributed by atoms with Gasteiger partial charge >= 0.3 is 0 Å². The molecule has 4 N–H and O–H groups in total. The molecule has 70 valence electrons. The second kappa shape index (κ2) is 4.30. The van der Waals surface area contributed by atoms with Crippen molar-refractivity contribution in [3.8, 4) is 0 Å². The average Bonchev–Trinajstić information content (AvgIpc) is 2.10. The van der Waals surface area contributed by atoms with Crippen molar-refractivity contribution in [3.63, 3.8) is 0 Å². The van der Waals surface area contributed by atoms with Gasteiger partial charge in [0.1, 0.15) is 0 Å². The van der Waals surface area contributed by atoms with E-state index in [1.165, 1.54) is 0 Å². The highest BCUT2D eigenvalue weighted by Crippen LogP contribution is 2.23. The Hall–Kier alpha value is -0.990. The van der Waals surface area contributed by atoms with Crippen molar-refractivity contribution >= 4 is 17.3 Å². The van der Waals surface area contributed by atoms with Gasteiger partial charge < -0.3 is 11.5 Å². The lowest BCUT2D eigenvalue weighted by molar-refractivity contribution is 0.742. The fourth-order valence-electron chi connectivity index (χ4n) is 1.09. The summed E-state index contributed by atoms with van der Waals surface area (Å²) in [6.07, 6.45) is 2.52. The molecule has 0 amide bonds. The van der Waals surface area contributed by atoms with Crippen LogP contribution in [-0.4, -0.2) is 0 Å². The lowest BCUT2D eigenvalue weighted by Crippen LogP contribution is -2.08. The third-order valence-electron chi connectivity index (χ3n) is 1.87. The normalized spacial score (nSPS) is 12.5. The first-order chi connectivity index (χ1) is 6.15. The summed E-state index contributed by atoms with van der Waals surface area (Å²) in [6.45, 7) is 3.63. The molecule has 1 atom stereocenters. The van der Waals surface area contributed by atoms with Crippen molar-refractivity contribution in [3.05, 3.63) is 41.4 Å². The Kier molecular flexibility index (Phi) is 3.34. The van der Waals surface area contributed by atoms with Crippen LogP contribution >= 0.6 is 11.6 Å². The van der Waals surface area contributed by atoms with Crippen molar-refractivity contribution in [2.24, 2.45) is 5.73 Å². The predicted octanol–water partition coefficient (Wildman–Crippen LogP) is 2.50. The lowest BCUT2D eigenvalue weighted by Gasteiger charge is -2.10. The Labute approximate surface area is 83.2 Å². The standard InChI is InChI=1S/C10H13ClN2/c1-2-3-9(12)7-4-5-10(13)8(11)6-7/h2,4-6,9H,1,3,12-13H2/t9-/m1/s1. The van der Waals surface area contributed by atoms with E-state index in [0.29, 0.717) is 10.7 Å². The van der Waals surface area contributed by atoms with E-state index in [-0.39, 0.29) is 6.04 Å². The van der Waals surface area contributed by atoms with E-state index in [1.54, 1.807) is 18.2 Å². The summed E-state index contributed by atoms with van der Waals surface area (Å²) in [7, 11) is 0. The molecule has 2 nitrogen and oxygen atoms in total. The van der Waals surface area contributed by atoms with Gasteiger partial charge in [-0.25, -0.2) is 0 Å². The molecular formula is C10H13ClN2. The van der Waals surface area contributed by atoms with E-state index in [4.69, 9.17) is 23.1 Å². The Morgan fingerprint density at radius 1 is 1.54 bits per heavy atom. The Balaban J connectivity index is 2.89. The highest BCUT2D eigenvalue weighted by atomic mass is 35.5. The summed E-state index contributed by atoms with van der Waals surface area (Å²) in [4.78, 5) is 0. The van der Waals surface area contributed by atoms with Crippen LogP contribution in [0.1, 0.15) is 18.0 Å². The summed E-state index contributed by atoms with van der Waals surface area (Å²) in [5.41, 5.74) is 13.0. The van der Waals surface area contributed by atoms with Crippen molar-refractivity contribution in [2.45, 2.75) is 12.5 Å². The largest absolute Gasteiger partial charge is 0.398 e. The molecule has 0 bridgehead atoms. The second-order valence-corrected chi connectivity index (χ2v) is 3.32. The molecule has 0 aliphatic heterocycles. The zero-order valence-corrected chi connectivity index (χ0v) is 8.09. The van der Waals surface area contributed by atoms with Crippen molar-refractivity contribution in [1.29, 1.82) is 0 Å². The van der Waals surface area contributed by atoms with Gasteiger partial charge in [-0.15, -0.1) is 6.58 Å². The fourth-order valence-corrected chi connectivity index (χ4v) is 1.28. The first-order valence-electron chi connectivity index (χ1n) is 4.06. The summed E-state index contributed by atoms with van der Waals surface area (Å²) in [6, 6.07) is 5.40. The zero-order chi connectivity index (χ0) is 9.84. The molecular weight excluding hydrogens is 184 g/mol. The molecule has 0 saturated heterocycles. The second-order valence-electron chi connectivity index (χ2n) is 2.91. The molecule has 0 unspecified atom stereocenters. The number of halogens is 1. The molecule has 0 fully saturated rings. The van der Waals surface area contributed by atoms with E-state index < -0.39 is 0 Å². The summed E-state index contributed by atoms with van der Waals surface area (Å²) >= 11 is 5.85. The Morgan fingerprint density at radius 3 is 2.77 bits per heavy atom. The number of rotatable bonds is 3. The molecule has 0 heterocycles. The minimum atomic E-state index is -0.0457. The minimum absolute atomic E-state index is 0.0457. The molecule has 0 aliphatic rings. The van der Waals surface area contributed by atoms with Crippen molar-refractivity contribution in [2.75, 3.05) is 5.73 Å². The molecule has 1 aromatic rings. The Bertz CT molecular complexity index is 310. The van der Waals surface area contributed by atoms with Crippen LogP contribution in [0.5, 0.6) is 0 Å². The fraction of sp³-hybridized carbons (Fsp3) is 0.200. The van der Waals surface area contributed by atoms with Gasteiger partial charge in [0.05, 0.1) is 10.7 Å². The summed E-state index contributed by atoms with van der Waals surface area (Å²) in [5.74, 6) is 0. The van der Waals surface area contributed by atoms with Gasteiger partial charge in [0.2, 0.25) is 0 Å². The zero-order valence-electron chi connectivity index (χ0n) is 7.33. The molecule has 1 rings (SSSR count). The molecule has 1 aromatic carbocycles. The van der Waals surface area contributed by atoms with Crippen LogP contribution < -0.4 is 11.5 Å². The minimum Gasteiger partial charge on any atom is -0.398 e. The first kappa shape index (κ1) is 10.1. The topological polar surface area (TPSA) is 52.0 Å². The third-order valence-corrected chi connectivity index (χ3v) is 2.20. The molecule has 3 heteroatoms. The summed E-state index contributed by atoms with van der Waals surface area (Å²) < 4.78 is 0. The number of anilines is 1. The molecule has 0 aliphatic carbocycles. The number of hydrogen-bond acceptors (Lipinski definition) is 2. The molecule has 0 radical (unpaired) electrons. The van der Waals surface area contributed by atoms with Gasteiger partial charge in [0.15, 0.2) is 0 Å². The van der Waals surface area contributed by atoms with E-state index >= 15 is 0 Å². The van der Waals surface area contributed by atoms with Crippen LogP contribution in [0.2, 0.25) is 5.02 Å². The van der Waals surface area contributed by atoms with Gasteiger partial charge in [-0.1, -0.05) is 23.7 Å². The monoisotopic (exact) mass is 196 g/mol. The summed E-state index contributed by atoms with van der Waals surface area (Å²) in [5, 5.41) is 0.553. The molecule has 0 saturated carbocycles. The quantitative estimate of drug-likeness (QED) is 0.577. The highest BCUT2D eigenvalue weighted by molar-refractivity contribution is 6.33. The van der Waals surface area contributed by atoms with Crippen LogP contribution in [0.25, 0.3) is 0 Å². The van der Waals surface area contributed by atoms with Crippen LogP contribution in [0.15, 0.2) is 30.9 Å². The van der Waals surface area contributed by atoms with Crippen LogP contribution in [0.3, 0.4) is 0 Å². The predicted molar refractivity (Wildman–Crippen MR) is 57.6 cm³/mol. The maximum atomic E-state index is 5.85. The third kappa shape index (κ3) is 2.47. The van der Waals surface area contributed by atoms with Gasteiger partial charge in [0.25, 0.3) is 0 Å². The number of hydrogen-bond donors (Lipinski definition) is 2.